The highest BCUT2D eigenvalue weighted by Crippen LogP contribution is 2.28. The Balaban J connectivity index is 4.29. The van der Waals surface area contributed by atoms with Gasteiger partial charge in [0.1, 0.15) is 5.92 Å². The number of amides is 1. The second kappa shape index (κ2) is 3.59. The standard InChI is InChI=1S/C6H10F3NO/c1-3-4(5(11)10-2)6(7,8)9/h4H,3H2,1-2H3,(H,10,11). The minimum Gasteiger partial charge on any atom is -0.359 e. The minimum atomic E-state index is -4.42. The third-order valence-corrected chi connectivity index (χ3v) is 1.37. The zero-order valence-electron chi connectivity index (χ0n) is 6.33. The smallest absolute Gasteiger partial charge is 0.359 e. The van der Waals surface area contributed by atoms with E-state index in [0.717, 1.165) is 0 Å². The van der Waals surface area contributed by atoms with Crippen LogP contribution in [0.4, 0.5) is 13.2 Å². The van der Waals surface area contributed by atoms with E-state index in [0.29, 0.717) is 0 Å². The molecule has 0 saturated heterocycles. The maximum absolute atomic E-state index is 11.9. The van der Waals surface area contributed by atoms with Crippen LogP contribution in [-0.4, -0.2) is 19.1 Å². The van der Waals surface area contributed by atoms with Crippen LogP contribution in [0.15, 0.2) is 0 Å². The molecule has 2 nitrogen and oxygen atoms in total. The van der Waals surface area contributed by atoms with Crippen molar-refractivity contribution < 1.29 is 18.0 Å². The fourth-order valence-corrected chi connectivity index (χ4v) is 0.740. The summed E-state index contributed by atoms with van der Waals surface area (Å²) in [4.78, 5) is 10.6. The fourth-order valence-electron chi connectivity index (χ4n) is 0.740. The summed E-state index contributed by atoms with van der Waals surface area (Å²) in [5.74, 6) is -2.84. The third kappa shape index (κ3) is 2.78. The molecule has 0 aromatic rings. The van der Waals surface area contributed by atoms with E-state index in [4.69, 9.17) is 0 Å². The lowest BCUT2D eigenvalue weighted by atomic mass is 10.1. The number of carbonyl (C=O) groups excluding carboxylic acids is 1. The van der Waals surface area contributed by atoms with Crippen LogP contribution >= 0.6 is 0 Å². The summed E-state index contributed by atoms with van der Waals surface area (Å²) in [5.41, 5.74) is 0. The summed E-state index contributed by atoms with van der Waals surface area (Å²) in [6, 6.07) is 0. The molecule has 0 aromatic heterocycles. The largest absolute Gasteiger partial charge is 0.400 e. The first-order valence-electron chi connectivity index (χ1n) is 3.21. The molecule has 5 heteroatoms. The van der Waals surface area contributed by atoms with E-state index in [1.165, 1.54) is 14.0 Å². The third-order valence-electron chi connectivity index (χ3n) is 1.37. The monoisotopic (exact) mass is 169 g/mol. The molecule has 0 aliphatic heterocycles. The van der Waals surface area contributed by atoms with Crippen LogP contribution in [-0.2, 0) is 4.79 Å². The molecule has 0 saturated carbocycles. The quantitative estimate of drug-likeness (QED) is 0.663. The van der Waals surface area contributed by atoms with Crippen molar-refractivity contribution in [1.82, 2.24) is 5.32 Å². The molecule has 0 radical (unpaired) electrons. The zero-order chi connectivity index (χ0) is 9.07. The Morgan fingerprint density at radius 3 is 2.09 bits per heavy atom. The molecular formula is C6H10F3NO. The van der Waals surface area contributed by atoms with Gasteiger partial charge in [-0.2, -0.15) is 13.2 Å². The van der Waals surface area contributed by atoms with Crippen molar-refractivity contribution >= 4 is 5.91 Å². The Bertz CT molecular complexity index is 143. The highest BCUT2D eigenvalue weighted by molar-refractivity contribution is 5.78. The number of rotatable bonds is 2. The molecule has 0 aliphatic carbocycles. The maximum atomic E-state index is 11.9. The zero-order valence-corrected chi connectivity index (χ0v) is 6.33. The highest BCUT2D eigenvalue weighted by atomic mass is 19.4. The molecule has 1 N–H and O–H groups in total. The van der Waals surface area contributed by atoms with Gasteiger partial charge in [0.05, 0.1) is 0 Å². The number of carbonyl (C=O) groups is 1. The average Bonchev–Trinajstić information content (AvgIpc) is 1.86. The first-order valence-corrected chi connectivity index (χ1v) is 3.21. The molecule has 1 atom stereocenters. The molecule has 0 spiro atoms. The van der Waals surface area contributed by atoms with E-state index in [-0.39, 0.29) is 6.42 Å². The summed E-state index contributed by atoms with van der Waals surface area (Å²) in [6.07, 6.45) is -4.64. The SMILES string of the molecule is CCC(C(=O)NC)C(F)(F)F. The van der Waals surface area contributed by atoms with E-state index in [1.807, 2.05) is 5.32 Å². The minimum absolute atomic E-state index is 0.219. The van der Waals surface area contributed by atoms with Gasteiger partial charge in [-0.05, 0) is 6.42 Å². The number of halogens is 3. The molecule has 0 rings (SSSR count). The van der Waals surface area contributed by atoms with Crippen molar-refractivity contribution in [2.45, 2.75) is 19.5 Å². The van der Waals surface area contributed by atoms with E-state index in [1.54, 1.807) is 0 Å². The van der Waals surface area contributed by atoms with Gasteiger partial charge in [0.15, 0.2) is 0 Å². The molecule has 0 bridgehead atoms. The van der Waals surface area contributed by atoms with Crippen molar-refractivity contribution in [3.63, 3.8) is 0 Å². The molecular weight excluding hydrogens is 159 g/mol. The molecule has 1 unspecified atom stereocenters. The van der Waals surface area contributed by atoms with Gasteiger partial charge >= 0.3 is 6.18 Å². The fraction of sp³-hybridized carbons (Fsp3) is 0.833. The van der Waals surface area contributed by atoms with Gasteiger partial charge in [-0.3, -0.25) is 4.79 Å². The maximum Gasteiger partial charge on any atom is 0.400 e. The van der Waals surface area contributed by atoms with Crippen LogP contribution in [0.3, 0.4) is 0 Å². The van der Waals surface area contributed by atoms with Gasteiger partial charge in [-0.1, -0.05) is 6.92 Å². The van der Waals surface area contributed by atoms with E-state index >= 15 is 0 Å². The molecule has 0 fully saturated rings. The first-order chi connectivity index (χ1) is 4.93. The van der Waals surface area contributed by atoms with Gasteiger partial charge < -0.3 is 5.32 Å². The summed E-state index contributed by atoms with van der Waals surface area (Å²) in [6.45, 7) is 1.33. The Morgan fingerprint density at radius 2 is 2.00 bits per heavy atom. The summed E-state index contributed by atoms with van der Waals surface area (Å²) < 4.78 is 35.7. The first kappa shape index (κ1) is 10.3. The van der Waals surface area contributed by atoms with Crippen LogP contribution in [0, 0.1) is 5.92 Å². The number of hydrogen-bond donors (Lipinski definition) is 1. The number of hydrogen-bond acceptors (Lipinski definition) is 1. The lowest BCUT2D eigenvalue weighted by Crippen LogP contribution is -2.37. The van der Waals surface area contributed by atoms with Crippen LogP contribution in [0.25, 0.3) is 0 Å². The Labute approximate surface area is 62.8 Å². The van der Waals surface area contributed by atoms with Gasteiger partial charge in [-0.25, -0.2) is 0 Å². The van der Waals surface area contributed by atoms with Crippen molar-refractivity contribution in [2.24, 2.45) is 5.92 Å². The molecule has 66 valence electrons. The van der Waals surface area contributed by atoms with Crippen molar-refractivity contribution in [3.05, 3.63) is 0 Å². The molecule has 1 amide bonds. The average molecular weight is 169 g/mol. The van der Waals surface area contributed by atoms with E-state index < -0.39 is 18.0 Å². The van der Waals surface area contributed by atoms with Crippen molar-refractivity contribution in [1.29, 1.82) is 0 Å². The van der Waals surface area contributed by atoms with Gasteiger partial charge in [0.25, 0.3) is 0 Å². The second-order valence-electron chi connectivity index (χ2n) is 2.12. The van der Waals surface area contributed by atoms with Crippen LogP contribution in [0.5, 0.6) is 0 Å². The molecule has 11 heavy (non-hydrogen) atoms. The molecule has 0 aliphatic rings. The Hall–Kier alpha value is -0.740. The second-order valence-corrected chi connectivity index (χ2v) is 2.12. The Morgan fingerprint density at radius 1 is 1.55 bits per heavy atom. The summed E-state index contributed by atoms with van der Waals surface area (Å²) in [7, 11) is 1.19. The Kier molecular flexibility index (Phi) is 3.35. The lowest BCUT2D eigenvalue weighted by Gasteiger charge is -2.16. The van der Waals surface area contributed by atoms with Crippen molar-refractivity contribution in [3.8, 4) is 0 Å². The summed E-state index contributed by atoms with van der Waals surface area (Å²) in [5, 5.41) is 1.96. The van der Waals surface area contributed by atoms with Gasteiger partial charge in [-0.15, -0.1) is 0 Å². The predicted molar refractivity (Wildman–Crippen MR) is 33.9 cm³/mol. The molecule has 0 aromatic carbocycles. The van der Waals surface area contributed by atoms with Gasteiger partial charge in [0.2, 0.25) is 5.91 Å². The topological polar surface area (TPSA) is 29.1 Å². The number of alkyl halides is 3. The van der Waals surface area contributed by atoms with Crippen LogP contribution in [0.1, 0.15) is 13.3 Å². The predicted octanol–water partition coefficient (Wildman–Crippen LogP) is 1.32. The van der Waals surface area contributed by atoms with Crippen LogP contribution in [0.2, 0.25) is 0 Å². The lowest BCUT2D eigenvalue weighted by molar-refractivity contribution is -0.182. The molecule has 0 heterocycles. The normalized spacial score (nSPS) is 14.3. The summed E-state index contributed by atoms with van der Waals surface area (Å²) >= 11 is 0. The van der Waals surface area contributed by atoms with E-state index in [9.17, 15) is 18.0 Å². The number of nitrogens with one attached hydrogen (secondary N) is 1. The highest BCUT2D eigenvalue weighted by Gasteiger charge is 2.42. The van der Waals surface area contributed by atoms with Crippen molar-refractivity contribution in [2.75, 3.05) is 7.05 Å². The van der Waals surface area contributed by atoms with E-state index in [2.05, 4.69) is 0 Å². The van der Waals surface area contributed by atoms with Crippen LogP contribution < -0.4 is 5.32 Å². The van der Waals surface area contributed by atoms with Gasteiger partial charge in [0, 0.05) is 7.05 Å².